The van der Waals surface area contributed by atoms with Crippen LogP contribution in [0, 0.1) is 17.3 Å². The number of ether oxygens (including phenoxy) is 1. The van der Waals surface area contributed by atoms with Crippen LogP contribution in [-0.4, -0.2) is 19.0 Å². The lowest BCUT2D eigenvalue weighted by Gasteiger charge is -2.07. The average molecular weight is 342 g/mol. The van der Waals surface area contributed by atoms with Gasteiger partial charge in [0.05, 0.1) is 18.6 Å². The lowest BCUT2D eigenvalue weighted by molar-refractivity contribution is -0.118. The number of hydrogen-bond acceptors (Lipinski definition) is 3. The molecule has 1 aromatic carbocycles. The number of amides is 1. The highest BCUT2D eigenvalue weighted by Gasteiger charge is 2.60. The first-order valence-electron chi connectivity index (χ1n) is 6.79. The summed E-state index contributed by atoms with van der Waals surface area (Å²) in [6.45, 7) is 3.99. The molecule has 0 spiro atoms. The number of carbonyl (C=O) groups excluding carboxylic acids is 2. The maximum absolute atomic E-state index is 12.3. The van der Waals surface area contributed by atoms with Gasteiger partial charge in [-0.2, -0.15) is 0 Å². The fraction of sp³-hybridized carbons (Fsp3) is 0.375. The minimum absolute atomic E-state index is 0.0202. The molecule has 1 N–H and O–H groups in total. The van der Waals surface area contributed by atoms with Crippen molar-refractivity contribution in [1.82, 2.24) is 0 Å². The van der Waals surface area contributed by atoms with Crippen molar-refractivity contribution in [2.45, 2.75) is 13.8 Å². The summed E-state index contributed by atoms with van der Waals surface area (Å²) < 4.78 is 4.80. The zero-order valence-corrected chi connectivity index (χ0v) is 14.0. The van der Waals surface area contributed by atoms with E-state index in [-0.39, 0.29) is 27.6 Å². The van der Waals surface area contributed by atoms with Crippen molar-refractivity contribution in [3.8, 4) is 0 Å². The normalized spacial score (nSPS) is 21.7. The summed E-state index contributed by atoms with van der Waals surface area (Å²) in [5.74, 6) is -0.665. The first-order valence-corrected chi connectivity index (χ1v) is 7.55. The molecule has 0 saturated heterocycles. The summed E-state index contributed by atoms with van der Waals surface area (Å²) in [4.78, 5) is 23.7. The maximum Gasteiger partial charge on any atom is 0.337 e. The van der Waals surface area contributed by atoms with Gasteiger partial charge in [-0.3, -0.25) is 4.79 Å². The fourth-order valence-electron chi connectivity index (χ4n) is 2.65. The Balaban J connectivity index is 2.04. The van der Waals surface area contributed by atoms with Gasteiger partial charge in [0, 0.05) is 5.69 Å². The molecule has 1 fully saturated rings. The van der Waals surface area contributed by atoms with Gasteiger partial charge in [0.15, 0.2) is 0 Å². The highest BCUT2D eigenvalue weighted by Crippen LogP contribution is 2.59. The van der Waals surface area contributed by atoms with Gasteiger partial charge < -0.3 is 10.1 Å². The van der Waals surface area contributed by atoms with Crippen molar-refractivity contribution in [3.63, 3.8) is 0 Å². The smallest absolute Gasteiger partial charge is 0.337 e. The first kappa shape index (κ1) is 16.8. The summed E-state index contributed by atoms with van der Waals surface area (Å²) in [6.07, 6.45) is 1.70. The van der Waals surface area contributed by atoms with Crippen LogP contribution in [0.3, 0.4) is 0 Å². The lowest BCUT2D eigenvalue weighted by atomic mass is 10.1. The number of esters is 1. The van der Waals surface area contributed by atoms with Crippen molar-refractivity contribution >= 4 is 40.8 Å². The molecule has 118 valence electrons. The van der Waals surface area contributed by atoms with E-state index in [1.807, 2.05) is 13.8 Å². The van der Waals surface area contributed by atoms with E-state index in [0.29, 0.717) is 11.3 Å². The fourth-order valence-corrected chi connectivity index (χ4v) is 2.92. The number of anilines is 1. The van der Waals surface area contributed by atoms with Crippen LogP contribution in [0.5, 0.6) is 0 Å². The van der Waals surface area contributed by atoms with Gasteiger partial charge in [0.1, 0.15) is 4.49 Å². The van der Waals surface area contributed by atoms with Gasteiger partial charge in [-0.05, 0) is 41.7 Å². The molecule has 0 aliphatic heterocycles. The number of rotatable bonds is 4. The van der Waals surface area contributed by atoms with E-state index in [9.17, 15) is 9.59 Å². The Kier molecular flexibility index (Phi) is 4.83. The van der Waals surface area contributed by atoms with E-state index in [4.69, 9.17) is 23.2 Å². The van der Waals surface area contributed by atoms with E-state index in [1.165, 1.54) is 7.11 Å². The van der Waals surface area contributed by atoms with E-state index in [2.05, 4.69) is 10.1 Å². The van der Waals surface area contributed by atoms with Gasteiger partial charge in [-0.25, -0.2) is 4.79 Å². The molecule has 0 radical (unpaired) electrons. The molecule has 2 rings (SSSR count). The van der Waals surface area contributed by atoms with Crippen LogP contribution >= 0.6 is 23.2 Å². The van der Waals surface area contributed by atoms with Crippen LogP contribution in [-0.2, 0) is 9.53 Å². The predicted octanol–water partition coefficient (Wildman–Crippen LogP) is 4.00. The third-order valence-electron chi connectivity index (χ3n) is 4.07. The van der Waals surface area contributed by atoms with Crippen LogP contribution in [0.2, 0.25) is 0 Å². The number of benzene rings is 1. The Morgan fingerprint density at radius 3 is 2.32 bits per heavy atom. The topological polar surface area (TPSA) is 55.4 Å². The molecule has 0 heterocycles. The van der Waals surface area contributed by atoms with Gasteiger partial charge in [0.25, 0.3) is 0 Å². The Bertz CT molecular complexity index is 619. The standard InChI is InChI=1S/C16H17Cl2NO3/c1-16(2)11(8-12(17)18)13(16)14(20)19-10-6-4-9(5-7-10)15(21)22-3/h4-8,11,13H,1-3H3,(H,19,20)/t11-,13-/m0/s1. The van der Waals surface area contributed by atoms with Gasteiger partial charge in [-0.15, -0.1) is 0 Å². The summed E-state index contributed by atoms with van der Waals surface area (Å²) in [5.41, 5.74) is 0.882. The summed E-state index contributed by atoms with van der Waals surface area (Å²) in [5, 5.41) is 2.84. The summed E-state index contributed by atoms with van der Waals surface area (Å²) in [7, 11) is 1.32. The monoisotopic (exact) mass is 341 g/mol. The van der Waals surface area contributed by atoms with Crippen LogP contribution in [0.1, 0.15) is 24.2 Å². The van der Waals surface area contributed by atoms with E-state index >= 15 is 0 Å². The molecule has 1 saturated carbocycles. The second kappa shape index (κ2) is 6.31. The van der Waals surface area contributed by atoms with Crippen molar-refractivity contribution < 1.29 is 14.3 Å². The molecule has 6 heteroatoms. The number of halogens is 2. The molecule has 1 aliphatic rings. The van der Waals surface area contributed by atoms with E-state index in [1.54, 1.807) is 30.3 Å². The highest BCUT2D eigenvalue weighted by molar-refractivity contribution is 6.55. The quantitative estimate of drug-likeness (QED) is 0.842. The van der Waals surface area contributed by atoms with Crippen molar-refractivity contribution in [2.24, 2.45) is 17.3 Å². The Morgan fingerprint density at radius 1 is 1.23 bits per heavy atom. The summed E-state index contributed by atoms with van der Waals surface area (Å²) in [6, 6.07) is 6.54. The molecule has 2 atom stereocenters. The van der Waals surface area contributed by atoms with Gasteiger partial charge in [0.2, 0.25) is 5.91 Å². The minimum Gasteiger partial charge on any atom is -0.465 e. The zero-order chi connectivity index (χ0) is 16.5. The number of nitrogens with one attached hydrogen (secondary N) is 1. The van der Waals surface area contributed by atoms with Crippen LogP contribution in [0.15, 0.2) is 34.8 Å². The predicted molar refractivity (Wildman–Crippen MR) is 87.0 cm³/mol. The summed E-state index contributed by atoms with van der Waals surface area (Å²) >= 11 is 11.4. The van der Waals surface area contributed by atoms with Crippen LogP contribution in [0.4, 0.5) is 5.69 Å². The molecular formula is C16H17Cl2NO3. The van der Waals surface area contributed by atoms with Crippen LogP contribution in [0.25, 0.3) is 0 Å². The van der Waals surface area contributed by atoms with Gasteiger partial charge >= 0.3 is 5.97 Å². The molecule has 1 amide bonds. The molecule has 22 heavy (non-hydrogen) atoms. The number of hydrogen-bond donors (Lipinski definition) is 1. The SMILES string of the molecule is COC(=O)c1ccc(NC(=O)[C@@H]2[C@H](C=C(Cl)Cl)C2(C)C)cc1. The van der Waals surface area contributed by atoms with Crippen molar-refractivity contribution in [3.05, 3.63) is 40.4 Å². The average Bonchev–Trinajstić information content (AvgIpc) is 2.99. The molecule has 4 nitrogen and oxygen atoms in total. The molecule has 1 aromatic rings. The Morgan fingerprint density at radius 2 is 1.82 bits per heavy atom. The van der Waals surface area contributed by atoms with Crippen molar-refractivity contribution in [1.29, 1.82) is 0 Å². The van der Waals surface area contributed by atoms with E-state index in [0.717, 1.165) is 0 Å². The second-order valence-electron chi connectivity index (χ2n) is 5.84. The number of carbonyl (C=O) groups is 2. The number of allylic oxidation sites excluding steroid dienone is 1. The zero-order valence-electron chi connectivity index (χ0n) is 12.5. The third kappa shape index (κ3) is 3.45. The largest absolute Gasteiger partial charge is 0.465 e. The molecular weight excluding hydrogens is 325 g/mol. The highest BCUT2D eigenvalue weighted by atomic mass is 35.5. The maximum atomic E-state index is 12.3. The van der Waals surface area contributed by atoms with Crippen LogP contribution < -0.4 is 5.32 Å². The lowest BCUT2D eigenvalue weighted by Crippen LogP contribution is -2.17. The third-order valence-corrected chi connectivity index (χ3v) is 4.32. The molecule has 1 aliphatic carbocycles. The second-order valence-corrected chi connectivity index (χ2v) is 6.85. The molecule has 0 unspecified atom stereocenters. The Labute approximate surface area is 139 Å². The molecule has 0 aromatic heterocycles. The number of methoxy groups -OCH3 is 1. The molecule has 0 bridgehead atoms. The van der Waals surface area contributed by atoms with E-state index < -0.39 is 5.97 Å². The first-order chi connectivity index (χ1) is 10.3. The van der Waals surface area contributed by atoms with Crippen molar-refractivity contribution in [2.75, 3.05) is 12.4 Å². The Hall–Kier alpha value is -1.52. The minimum atomic E-state index is -0.414. The van der Waals surface area contributed by atoms with Gasteiger partial charge in [-0.1, -0.05) is 37.0 Å².